The van der Waals surface area contributed by atoms with Crippen molar-refractivity contribution in [3.8, 4) is 0 Å². The Bertz CT molecular complexity index is 817. The van der Waals surface area contributed by atoms with E-state index in [-0.39, 0.29) is 5.82 Å². The van der Waals surface area contributed by atoms with Crippen molar-refractivity contribution in [2.24, 2.45) is 10.9 Å². The van der Waals surface area contributed by atoms with Crippen LogP contribution >= 0.6 is 23.1 Å². The van der Waals surface area contributed by atoms with Crippen LogP contribution in [0.5, 0.6) is 0 Å². The van der Waals surface area contributed by atoms with E-state index in [1.165, 1.54) is 34.8 Å². The summed E-state index contributed by atoms with van der Waals surface area (Å²) in [5, 5.41) is 4.07. The lowest BCUT2D eigenvalue weighted by Gasteiger charge is -2.17. The van der Waals surface area contributed by atoms with E-state index < -0.39 is 0 Å². The van der Waals surface area contributed by atoms with E-state index in [0.29, 0.717) is 5.92 Å². The molecule has 1 fully saturated rings. The second-order valence-corrected chi connectivity index (χ2v) is 7.63. The first-order valence-electron chi connectivity index (χ1n) is 7.22. The topological polar surface area (TPSA) is 15.6 Å². The number of thiophene rings is 1. The maximum atomic E-state index is 14.4. The Labute approximate surface area is 130 Å². The van der Waals surface area contributed by atoms with Gasteiger partial charge in [-0.3, -0.25) is 4.99 Å². The fraction of sp³-hybridized carbons (Fsp3) is 0.312. The number of thioether (sulfide) groups is 1. The highest BCUT2D eigenvalue weighted by Crippen LogP contribution is 2.52. The van der Waals surface area contributed by atoms with Crippen LogP contribution in [-0.4, -0.2) is 23.2 Å². The molecule has 2 aliphatic heterocycles. The standard InChI is InChI=1S/C16H13FN2S2/c17-12-8-11(7-10-3-6-20-14(10)12)13-15(9-1-2-9)21-16-18-4-5-19(13)16/h3,6-9H,1-2,4-5H2. The van der Waals surface area contributed by atoms with E-state index in [2.05, 4.69) is 16.0 Å². The number of rotatable bonds is 2. The van der Waals surface area contributed by atoms with Gasteiger partial charge in [0.25, 0.3) is 0 Å². The van der Waals surface area contributed by atoms with Gasteiger partial charge in [-0.25, -0.2) is 4.39 Å². The number of hydrogen-bond acceptors (Lipinski definition) is 4. The van der Waals surface area contributed by atoms with Gasteiger partial charge in [0.05, 0.1) is 16.9 Å². The maximum absolute atomic E-state index is 14.4. The van der Waals surface area contributed by atoms with Crippen molar-refractivity contribution in [1.29, 1.82) is 0 Å². The van der Waals surface area contributed by atoms with Gasteiger partial charge >= 0.3 is 0 Å². The van der Waals surface area contributed by atoms with Crippen molar-refractivity contribution in [3.05, 3.63) is 39.9 Å². The van der Waals surface area contributed by atoms with E-state index >= 15 is 0 Å². The number of nitrogens with zero attached hydrogens (tertiary/aromatic N) is 2. The first-order valence-corrected chi connectivity index (χ1v) is 8.92. The first-order chi connectivity index (χ1) is 10.3. The minimum absolute atomic E-state index is 0.102. The minimum Gasteiger partial charge on any atom is -0.318 e. The molecule has 1 aromatic carbocycles. The van der Waals surface area contributed by atoms with Crippen LogP contribution in [-0.2, 0) is 0 Å². The number of halogens is 1. The third kappa shape index (κ3) is 1.80. The smallest absolute Gasteiger partial charge is 0.168 e. The molecule has 0 atom stereocenters. The Morgan fingerprint density at radius 2 is 2.19 bits per heavy atom. The predicted molar refractivity (Wildman–Crippen MR) is 88.0 cm³/mol. The largest absolute Gasteiger partial charge is 0.318 e. The quantitative estimate of drug-likeness (QED) is 0.808. The van der Waals surface area contributed by atoms with E-state index in [1.807, 2.05) is 11.4 Å². The maximum Gasteiger partial charge on any atom is 0.168 e. The second-order valence-electron chi connectivity index (χ2n) is 5.70. The molecule has 0 bridgehead atoms. The molecule has 3 aliphatic rings. The van der Waals surface area contributed by atoms with E-state index in [1.54, 1.807) is 17.8 Å². The lowest BCUT2D eigenvalue weighted by atomic mass is 10.1. The van der Waals surface area contributed by atoms with Crippen LogP contribution in [0, 0.1) is 11.7 Å². The molecule has 5 rings (SSSR count). The molecule has 1 saturated carbocycles. The number of benzene rings is 1. The highest BCUT2D eigenvalue weighted by atomic mass is 32.2. The van der Waals surface area contributed by atoms with Gasteiger partial charge in [-0.2, -0.15) is 0 Å². The van der Waals surface area contributed by atoms with Crippen molar-refractivity contribution in [3.63, 3.8) is 0 Å². The van der Waals surface area contributed by atoms with Crippen molar-refractivity contribution in [2.45, 2.75) is 12.8 Å². The number of amidine groups is 1. The van der Waals surface area contributed by atoms with Gasteiger partial charge in [-0.1, -0.05) is 11.8 Å². The molecular weight excluding hydrogens is 303 g/mol. The third-order valence-electron chi connectivity index (χ3n) is 4.23. The van der Waals surface area contributed by atoms with Gasteiger partial charge in [-0.05, 0) is 47.7 Å². The zero-order valence-electron chi connectivity index (χ0n) is 11.3. The molecule has 106 valence electrons. The minimum atomic E-state index is -0.102. The molecule has 1 aliphatic carbocycles. The Hall–Kier alpha value is -1.33. The van der Waals surface area contributed by atoms with Gasteiger partial charge in [0.2, 0.25) is 0 Å². The molecule has 0 saturated heterocycles. The van der Waals surface area contributed by atoms with Gasteiger partial charge in [0.15, 0.2) is 5.17 Å². The monoisotopic (exact) mass is 316 g/mol. The molecule has 0 unspecified atom stereocenters. The number of hydrogen-bond donors (Lipinski definition) is 0. The van der Waals surface area contributed by atoms with E-state index in [9.17, 15) is 4.39 Å². The van der Waals surface area contributed by atoms with Gasteiger partial charge in [0.1, 0.15) is 5.82 Å². The fourth-order valence-corrected chi connectivity index (χ4v) is 5.25. The van der Waals surface area contributed by atoms with Crippen molar-refractivity contribution >= 4 is 44.0 Å². The summed E-state index contributed by atoms with van der Waals surface area (Å²) in [6, 6.07) is 5.85. The third-order valence-corrected chi connectivity index (χ3v) is 6.45. The molecule has 2 nitrogen and oxygen atoms in total. The molecule has 1 aromatic heterocycles. The van der Waals surface area contributed by atoms with Crippen LogP contribution in [0.4, 0.5) is 4.39 Å². The molecule has 5 heteroatoms. The first kappa shape index (κ1) is 12.2. The summed E-state index contributed by atoms with van der Waals surface area (Å²) in [5.41, 5.74) is 2.23. The van der Waals surface area contributed by atoms with Crippen LogP contribution in [0.15, 0.2) is 33.5 Å². The van der Waals surface area contributed by atoms with Crippen LogP contribution in [0.3, 0.4) is 0 Å². The van der Waals surface area contributed by atoms with Crippen LogP contribution in [0.1, 0.15) is 18.4 Å². The Morgan fingerprint density at radius 3 is 3.05 bits per heavy atom. The number of aliphatic imine (C=N–C) groups is 1. The lowest BCUT2D eigenvalue weighted by molar-refractivity contribution is 0.632. The summed E-state index contributed by atoms with van der Waals surface area (Å²) < 4.78 is 15.1. The van der Waals surface area contributed by atoms with Crippen LogP contribution < -0.4 is 0 Å². The Kier molecular flexibility index (Phi) is 2.53. The van der Waals surface area contributed by atoms with Crippen molar-refractivity contribution in [1.82, 2.24) is 4.90 Å². The van der Waals surface area contributed by atoms with Crippen molar-refractivity contribution < 1.29 is 4.39 Å². The van der Waals surface area contributed by atoms with Gasteiger partial charge in [-0.15, -0.1) is 11.3 Å². The fourth-order valence-electron chi connectivity index (χ4n) is 3.10. The number of allylic oxidation sites excluding steroid dienone is 1. The van der Waals surface area contributed by atoms with E-state index in [0.717, 1.165) is 33.9 Å². The normalized spacial score (nSPS) is 21.4. The lowest BCUT2D eigenvalue weighted by Crippen LogP contribution is -2.20. The Balaban J connectivity index is 1.72. The molecule has 3 heterocycles. The summed E-state index contributed by atoms with van der Waals surface area (Å²) >= 11 is 3.27. The summed E-state index contributed by atoms with van der Waals surface area (Å²) in [4.78, 5) is 8.27. The highest BCUT2D eigenvalue weighted by Gasteiger charge is 2.40. The van der Waals surface area contributed by atoms with Gasteiger partial charge in [0, 0.05) is 17.0 Å². The molecule has 21 heavy (non-hydrogen) atoms. The predicted octanol–water partition coefficient (Wildman–Crippen LogP) is 4.54. The molecule has 0 radical (unpaired) electrons. The number of fused-ring (bicyclic) bond motifs is 2. The zero-order valence-corrected chi connectivity index (χ0v) is 12.9. The SMILES string of the molecule is Fc1cc(C2=C(C3CC3)SC3=NCCN32)cc2ccsc12. The second kappa shape index (κ2) is 4.34. The summed E-state index contributed by atoms with van der Waals surface area (Å²) in [6.07, 6.45) is 2.52. The summed E-state index contributed by atoms with van der Waals surface area (Å²) in [6.45, 7) is 1.78. The molecule has 2 aromatic rings. The zero-order chi connectivity index (χ0) is 14.0. The van der Waals surface area contributed by atoms with Crippen LogP contribution in [0.25, 0.3) is 15.8 Å². The van der Waals surface area contributed by atoms with Crippen molar-refractivity contribution in [2.75, 3.05) is 13.1 Å². The average molecular weight is 316 g/mol. The average Bonchev–Trinajstić information content (AvgIpc) is 2.89. The molecular formula is C16H13FN2S2. The van der Waals surface area contributed by atoms with Gasteiger partial charge < -0.3 is 4.90 Å². The van der Waals surface area contributed by atoms with E-state index in [4.69, 9.17) is 0 Å². The molecule has 0 spiro atoms. The molecule has 0 amide bonds. The Morgan fingerprint density at radius 1 is 1.29 bits per heavy atom. The highest BCUT2D eigenvalue weighted by molar-refractivity contribution is 8.17. The van der Waals surface area contributed by atoms with Crippen LogP contribution in [0.2, 0.25) is 0 Å². The summed E-state index contributed by atoms with van der Waals surface area (Å²) in [5.74, 6) is 0.564. The molecule has 0 N–H and O–H groups in total. The summed E-state index contributed by atoms with van der Waals surface area (Å²) in [7, 11) is 0.